The molecule has 1 aliphatic rings. The first-order valence-electron chi connectivity index (χ1n) is 10.3. The van der Waals surface area contributed by atoms with Crippen molar-refractivity contribution in [2.75, 3.05) is 0 Å². The Kier molecular flexibility index (Phi) is 11.2. The number of unbranched alkanes of at least 4 members (excludes halogenated alkanes) is 2. The molecule has 1 radical (unpaired) electrons. The van der Waals surface area contributed by atoms with Gasteiger partial charge in [-0.05, 0) is 41.9 Å². The topological polar surface area (TPSA) is 20.2 Å². The number of thiophene rings is 1. The normalized spacial score (nSPS) is 19.9. The number of hydrogen-bond donors (Lipinski definition) is 1. The van der Waals surface area contributed by atoms with E-state index in [4.69, 9.17) is 0 Å². The van der Waals surface area contributed by atoms with Gasteiger partial charge in [-0.1, -0.05) is 85.3 Å². The van der Waals surface area contributed by atoms with Crippen LogP contribution in [-0.4, -0.2) is 9.93 Å². The first kappa shape index (κ1) is 24.5. The standard InChI is InChI=1S/C24H30BrOS.Y/c1-2-3-4-10-24(26)19-13-11-18(12-14-19)23-17-21(25)16-20(23)7-5-8-22-9-6-15-27-22;/h6,9,11-14,17,20-21,24,26H,2-5,7-8,10,16H2,1H3;/q-1;/t20-,21?,24?;/m0./s1. The summed E-state index contributed by atoms with van der Waals surface area (Å²) in [5.74, 6) is 0.624. The number of aryl methyl sites for hydroxylation is 1. The van der Waals surface area contributed by atoms with Gasteiger partial charge < -0.3 is 16.4 Å². The molecule has 0 spiro atoms. The average molecular weight is 535 g/mol. The van der Waals surface area contributed by atoms with Crippen LogP contribution >= 0.6 is 27.3 Å². The van der Waals surface area contributed by atoms with Crippen molar-refractivity contribution in [3.8, 4) is 0 Å². The van der Waals surface area contributed by atoms with E-state index in [1.54, 1.807) is 11.3 Å². The molecule has 4 heteroatoms. The second-order valence-corrected chi connectivity index (χ2v) is 9.76. The van der Waals surface area contributed by atoms with Crippen LogP contribution in [0.25, 0.3) is 5.57 Å². The Morgan fingerprint density at radius 2 is 1.96 bits per heavy atom. The minimum Gasteiger partial charge on any atom is -0.388 e. The summed E-state index contributed by atoms with van der Waals surface area (Å²) < 4.78 is 0. The third-order valence-electron chi connectivity index (χ3n) is 5.52. The predicted molar refractivity (Wildman–Crippen MR) is 120 cm³/mol. The molecule has 2 unspecified atom stereocenters. The summed E-state index contributed by atoms with van der Waals surface area (Å²) in [5, 5.41) is 13.6. The summed E-state index contributed by atoms with van der Waals surface area (Å²) in [5.41, 5.74) is 3.84. The third kappa shape index (κ3) is 7.16. The fourth-order valence-electron chi connectivity index (χ4n) is 3.98. The summed E-state index contributed by atoms with van der Waals surface area (Å²) in [6.45, 7) is 2.20. The van der Waals surface area contributed by atoms with Crippen molar-refractivity contribution in [1.29, 1.82) is 0 Å². The Labute approximate surface area is 208 Å². The van der Waals surface area contributed by atoms with E-state index in [1.807, 2.05) is 6.07 Å². The molecule has 0 bridgehead atoms. The molecule has 0 fully saturated rings. The maximum Gasteiger partial charge on any atom is 0.0790 e. The molecule has 1 aliphatic carbocycles. The van der Waals surface area contributed by atoms with E-state index in [-0.39, 0.29) is 38.8 Å². The summed E-state index contributed by atoms with van der Waals surface area (Å²) in [4.78, 5) is 1.92. The predicted octanol–water partition coefficient (Wildman–Crippen LogP) is 7.35. The van der Waals surface area contributed by atoms with Crippen LogP contribution in [0.1, 0.15) is 74.0 Å². The van der Waals surface area contributed by atoms with Crippen LogP contribution in [0, 0.1) is 11.3 Å². The van der Waals surface area contributed by atoms with Gasteiger partial charge in [0.2, 0.25) is 0 Å². The smallest absolute Gasteiger partial charge is 0.0790 e. The van der Waals surface area contributed by atoms with Gasteiger partial charge in [0.1, 0.15) is 0 Å². The van der Waals surface area contributed by atoms with Crippen LogP contribution in [0.2, 0.25) is 0 Å². The van der Waals surface area contributed by atoms with E-state index in [0.29, 0.717) is 10.7 Å². The van der Waals surface area contributed by atoms with E-state index in [9.17, 15) is 5.11 Å². The second-order valence-electron chi connectivity index (χ2n) is 7.62. The second kappa shape index (κ2) is 12.8. The summed E-state index contributed by atoms with van der Waals surface area (Å²) in [6, 6.07) is 12.9. The van der Waals surface area contributed by atoms with Gasteiger partial charge in [-0.3, -0.25) is 0 Å². The van der Waals surface area contributed by atoms with Gasteiger partial charge in [-0.25, -0.2) is 6.07 Å². The summed E-state index contributed by atoms with van der Waals surface area (Å²) in [7, 11) is 0. The van der Waals surface area contributed by atoms with Crippen molar-refractivity contribution in [1.82, 2.24) is 0 Å². The Hall–Kier alpha value is 0.204. The Bertz CT molecular complexity index is 711. The molecule has 1 aromatic heterocycles. The third-order valence-corrected chi connectivity index (χ3v) is 7.02. The Morgan fingerprint density at radius 1 is 1.18 bits per heavy atom. The quantitative estimate of drug-likeness (QED) is 0.192. The largest absolute Gasteiger partial charge is 0.388 e. The molecular formula is C24H30BrOSY-. The number of aliphatic hydroxyl groups is 1. The van der Waals surface area contributed by atoms with Gasteiger partial charge in [-0.15, -0.1) is 10.3 Å². The molecule has 149 valence electrons. The number of rotatable bonds is 10. The van der Waals surface area contributed by atoms with Gasteiger partial charge in [-0.2, -0.15) is 6.07 Å². The SMILES string of the molecule is CCCCCC(O)c1ccc(C2=CC(Br)C[C@@H]2CCCc2cc[c-]s2)cc1.[Y]. The van der Waals surface area contributed by atoms with E-state index in [1.165, 1.54) is 48.1 Å². The number of halogens is 1. The number of aliphatic hydroxyl groups excluding tert-OH is 1. The monoisotopic (exact) mass is 534 g/mol. The molecule has 0 saturated heterocycles. The van der Waals surface area contributed by atoms with E-state index in [2.05, 4.69) is 64.6 Å². The zero-order valence-electron chi connectivity index (χ0n) is 16.7. The zero-order chi connectivity index (χ0) is 19.1. The van der Waals surface area contributed by atoms with E-state index in [0.717, 1.165) is 24.8 Å². The molecule has 2 aromatic rings. The molecule has 28 heavy (non-hydrogen) atoms. The van der Waals surface area contributed by atoms with Crippen molar-refractivity contribution in [2.45, 2.75) is 69.2 Å². The molecule has 1 aromatic carbocycles. The molecule has 1 heterocycles. The molecule has 0 aliphatic heterocycles. The van der Waals surface area contributed by atoms with E-state index >= 15 is 0 Å². The van der Waals surface area contributed by atoms with Crippen molar-refractivity contribution in [3.05, 3.63) is 63.9 Å². The van der Waals surface area contributed by atoms with Crippen molar-refractivity contribution in [3.63, 3.8) is 0 Å². The van der Waals surface area contributed by atoms with Crippen molar-refractivity contribution >= 4 is 32.8 Å². The summed E-state index contributed by atoms with van der Waals surface area (Å²) >= 11 is 5.54. The molecule has 0 saturated carbocycles. The fourth-order valence-corrected chi connectivity index (χ4v) is 5.39. The minimum atomic E-state index is -0.328. The Morgan fingerprint density at radius 3 is 2.64 bits per heavy atom. The van der Waals surface area contributed by atoms with Gasteiger partial charge in [0.05, 0.1) is 6.10 Å². The maximum atomic E-state index is 10.4. The molecule has 1 nitrogen and oxygen atoms in total. The number of alkyl halides is 1. The van der Waals surface area contributed by atoms with Crippen molar-refractivity contribution in [2.24, 2.45) is 5.92 Å². The minimum absolute atomic E-state index is 0. The zero-order valence-corrected chi connectivity index (χ0v) is 22.0. The number of benzene rings is 1. The van der Waals surface area contributed by atoms with E-state index < -0.39 is 0 Å². The molecule has 0 amide bonds. The number of hydrogen-bond acceptors (Lipinski definition) is 2. The number of allylic oxidation sites excluding steroid dienone is 2. The molecule has 1 N–H and O–H groups in total. The van der Waals surface area contributed by atoms with Crippen LogP contribution in [0.15, 0.2) is 42.5 Å². The van der Waals surface area contributed by atoms with Crippen LogP contribution < -0.4 is 0 Å². The van der Waals surface area contributed by atoms with Crippen LogP contribution in [-0.2, 0) is 39.1 Å². The van der Waals surface area contributed by atoms with Gasteiger partial charge in [0, 0.05) is 37.5 Å². The van der Waals surface area contributed by atoms with Gasteiger partial charge >= 0.3 is 0 Å². The molecule has 3 rings (SSSR count). The molecular weight excluding hydrogens is 505 g/mol. The van der Waals surface area contributed by atoms with Gasteiger partial charge in [0.15, 0.2) is 0 Å². The molecule has 3 atom stereocenters. The first-order valence-corrected chi connectivity index (χ1v) is 12.0. The van der Waals surface area contributed by atoms with Crippen LogP contribution in [0.4, 0.5) is 0 Å². The van der Waals surface area contributed by atoms with Crippen molar-refractivity contribution < 1.29 is 37.8 Å². The maximum absolute atomic E-state index is 10.4. The van der Waals surface area contributed by atoms with Crippen LogP contribution in [0.3, 0.4) is 0 Å². The average Bonchev–Trinajstić information content (AvgIpc) is 3.32. The van der Waals surface area contributed by atoms with Crippen LogP contribution in [0.5, 0.6) is 0 Å². The fraction of sp³-hybridized carbons (Fsp3) is 0.500. The Balaban J connectivity index is 0.00000280. The van der Waals surface area contributed by atoms with Gasteiger partial charge in [0.25, 0.3) is 0 Å². The summed E-state index contributed by atoms with van der Waals surface area (Å²) in [6.07, 6.45) is 11.2. The first-order chi connectivity index (χ1) is 13.2.